The maximum absolute atomic E-state index is 12.3. The van der Waals surface area contributed by atoms with E-state index in [2.05, 4.69) is 44.7 Å². The van der Waals surface area contributed by atoms with Crippen LogP contribution in [-0.2, 0) is 0 Å². The zero-order chi connectivity index (χ0) is 20.2. The maximum Gasteiger partial charge on any atom is 0.258 e. The Morgan fingerprint density at radius 3 is 2.04 bits per heavy atom. The highest BCUT2D eigenvalue weighted by Gasteiger charge is 2.50. The average Bonchev–Trinajstić information content (AvgIpc) is 2.71. The first kappa shape index (κ1) is 20.8. The van der Waals surface area contributed by atoms with E-state index in [1.807, 2.05) is 42.5 Å². The normalized spacial score (nSPS) is 19.8. The van der Waals surface area contributed by atoms with Crippen molar-refractivity contribution >= 4 is 18.7 Å². The fourth-order valence-electron chi connectivity index (χ4n) is 4.69. The van der Waals surface area contributed by atoms with E-state index in [1.54, 1.807) is 0 Å². The Balaban J connectivity index is 1.99. The molecule has 2 aromatic rings. The minimum Gasteiger partial charge on any atom is -0.424 e. The SMILES string of the molecule is C=C1CC/C(=C/CO)C[C@H]1CC(C)(C)[Si](O)(c1ccccc1)c1ccccc1. The van der Waals surface area contributed by atoms with Gasteiger partial charge in [0.15, 0.2) is 0 Å². The largest absolute Gasteiger partial charge is 0.424 e. The minimum absolute atomic E-state index is 0.102. The molecule has 0 radical (unpaired) electrons. The van der Waals surface area contributed by atoms with Crippen molar-refractivity contribution in [2.75, 3.05) is 6.61 Å². The van der Waals surface area contributed by atoms with E-state index < -0.39 is 8.32 Å². The number of aliphatic hydroxyl groups is 1. The van der Waals surface area contributed by atoms with Crippen molar-refractivity contribution in [1.82, 2.24) is 0 Å². The van der Waals surface area contributed by atoms with Gasteiger partial charge in [0.2, 0.25) is 0 Å². The first-order chi connectivity index (χ1) is 13.4. The summed E-state index contributed by atoms with van der Waals surface area (Å²) in [4.78, 5) is 12.3. The average molecular weight is 393 g/mol. The van der Waals surface area contributed by atoms with E-state index >= 15 is 0 Å². The minimum atomic E-state index is -2.99. The molecule has 1 fully saturated rings. The zero-order valence-corrected chi connectivity index (χ0v) is 18.1. The van der Waals surface area contributed by atoms with Gasteiger partial charge >= 0.3 is 0 Å². The van der Waals surface area contributed by atoms with Crippen LogP contribution in [0.3, 0.4) is 0 Å². The Morgan fingerprint density at radius 1 is 1.00 bits per heavy atom. The van der Waals surface area contributed by atoms with Crippen LogP contribution in [0.2, 0.25) is 5.04 Å². The molecule has 28 heavy (non-hydrogen) atoms. The Morgan fingerprint density at radius 2 is 1.54 bits per heavy atom. The number of hydrogen-bond acceptors (Lipinski definition) is 2. The van der Waals surface area contributed by atoms with Crippen molar-refractivity contribution in [3.63, 3.8) is 0 Å². The predicted molar refractivity (Wildman–Crippen MR) is 120 cm³/mol. The summed E-state index contributed by atoms with van der Waals surface area (Å²) < 4.78 is 0. The van der Waals surface area contributed by atoms with Gasteiger partial charge in [-0.2, -0.15) is 0 Å². The van der Waals surface area contributed by atoms with Crippen LogP contribution in [0.15, 0.2) is 84.5 Å². The van der Waals surface area contributed by atoms with Gasteiger partial charge in [-0.15, -0.1) is 0 Å². The molecule has 1 aliphatic carbocycles. The highest BCUT2D eigenvalue weighted by Crippen LogP contribution is 2.46. The van der Waals surface area contributed by atoms with Crippen LogP contribution in [0.5, 0.6) is 0 Å². The quantitative estimate of drug-likeness (QED) is 0.572. The molecule has 0 amide bonds. The molecule has 3 rings (SSSR count). The lowest BCUT2D eigenvalue weighted by Gasteiger charge is -2.44. The van der Waals surface area contributed by atoms with Crippen LogP contribution in [0, 0.1) is 5.92 Å². The molecule has 148 valence electrons. The lowest BCUT2D eigenvalue weighted by Crippen LogP contribution is -2.65. The highest BCUT2D eigenvalue weighted by atomic mass is 28.4. The number of allylic oxidation sites excluding steroid dienone is 2. The van der Waals surface area contributed by atoms with Gasteiger partial charge in [-0.1, -0.05) is 98.3 Å². The summed E-state index contributed by atoms with van der Waals surface area (Å²) in [7, 11) is -2.99. The van der Waals surface area contributed by atoms with Gasteiger partial charge in [0.1, 0.15) is 0 Å². The third-order valence-corrected chi connectivity index (χ3v) is 10.9. The molecule has 0 aliphatic heterocycles. The van der Waals surface area contributed by atoms with Crippen LogP contribution in [0.4, 0.5) is 0 Å². The fourth-order valence-corrected chi connectivity index (χ4v) is 8.48. The van der Waals surface area contributed by atoms with E-state index in [4.69, 9.17) is 0 Å². The second kappa shape index (κ2) is 8.60. The monoisotopic (exact) mass is 392 g/mol. The third-order valence-electron chi connectivity index (χ3n) is 6.35. The number of rotatable bonds is 6. The molecular weight excluding hydrogens is 360 g/mol. The lowest BCUT2D eigenvalue weighted by atomic mass is 9.77. The van der Waals surface area contributed by atoms with Crippen molar-refractivity contribution in [2.24, 2.45) is 5.92 Å². The smallest absolute Gasteiger partial charge is 0.258 e. The fraction of sp³-hybridized carbons (Fsp3) is 0.360. The van der Waals surface area contributed by atoms with Crippen molar-refractivity contribution in [3.05, 3.63) is 84.5 Å². The van der Waals surface area contributed by atoms with Gasteiger partial charge in [-0.3, -0.25) is 0 Å². The number of benzene rings is 2. The van der Waals surface area contributed by atoms with Crippen LogP contribution in [0.25, 0.3) is 0 Å². The molecule has 1 saturated carbocycles. The number of hydrogen-bond donors (Lipinski definition) is 2. The van der Waals surface area contributed by atoms with Crippen molar-refractivity contribution in [2.45, 2.75) is 44.6 Å². The van der Waals surface area contributed by atoms with Gasteiger partial charge in [0.05, 0.1) is 6.61 Å². The summed E-state index contributed by atoms with van der Waals surface area (Å²) >= 11 is 0. The summed E-state index contributed by atoms with van der Waals surface area (Å²) in [6.07, 6.45) is 5.75. The summed E-state index contributed by atoms with van der Waals surface area (Å²) in [6, 6.07) is 20.4. The molecule has 2 N–H and O–H groups in total. The highest BCUT2D eigenvalue weighted by molar-refractivity contribution is 6.98. The molecule has 0 bridgehead atoms. The molecule has 2 aromatic carbocycles. The third kappa shape index (κ3) is 4.07. The Hall–Kier alpha value is -1.94. The Kier molecular flexibility index (Phi) is 6.39. The summed E-state index contributed by atoms with van der Waals surface area (Å²) in [6.45, 7) is 8.89. The van der Waals surface area contributed by atoms with Crippen molar-refractivity contribution in [1.29, 1.82) is 0 Å². The van der Waals surface area contributed by atoms with E-state index in [9.17, 15) is 9.90 Å². The van der Waals surface area contributed by atoms with Crippen LogP contribution < -0.4 is 10.4 Å². The topological polar surface area (TPSA) is 40.5 Å². The van der Waals surface area contributed by atoms with Gasteiger partial charge in [-0.05, 0) is 47.0 Å². The van der Waals surface area contributed by atoms with E-state index in [-0.39, 0.29) is 11.6 Å². The van der Waals surface area contributed by atoms with Gasteiger partial charge in [-0.25, -0.2) is 0 Å². The second-order valence-corrected chi connectivity index (χ2v) is 12.6. The first-order valence-electron chi connectivity index (χ1n) is 10.2. The van der Waals surface area contributed by atoms with Gasteiger partial charge < -0.3 is 9.90 Å². The lowest BCUT2D eigenvalue weighted by molar-refractivity contribution is 0.338. The molecule has 2 nitrogen and oxygen atoms in total. The van der Waals surface area contributed by atoms with E-state index in [0.29, 0.717) is 5.92 Å². The van der Waals surface area contributed by atoms with Crippen LogP contribution in [-0.4, -0.2) is 24.8 Å². The van der Waals surface area contributed by atoms with Gasteiger partial charge in [0, 0.05) is 0 Å². The molecule has 3 heteroatoms. The van der Waals surface area contributed by atoms with Crippen LogP contribution >= 0.6 is 0 Å². The molecule has 1 atom stereocenters. The Bertz CT molecular complexity index is 785. The molecule has 0 unspecified atom stereocenters. The first-order valence-corrected chi connectivity index (χ1v) is 12.1. The summed E-state index contributed by atoms with van der Waals surface area (Å²) in [5.74, 6) is 0.341. The standard InChI is InChI=1S/C25H32O2Si/c1-20-14-15-21(16-17-26)18-22(20)19-25(2,3)28(27,23-10-6-4-7-11-23)24-12-8-5-9-13-24/h4-13,16,22,26-27H,1,14-15,17-19H2,2-3H3/b21-16-/t22-/m0/s1. The molecular formula is C25H32O2Si. The van der Waals surface area contributed by atoms with Gasteiger partial charge in [0.25, 0.3) is 8.32 Å². The second-order valence-electron chi connectivity index (χ2n) is 8.63. The summed E-state index contributed by atoms with van der Waals surface area (Å²) in [5, 5.41) is 11.1. The molecule has 1 aliphatic rings. The molecule has 0 heterocycles. The van der Waals surface area contributed by atoms with E-state index in [0.717, 1.165) is 36.1 Å². The zero-order valence-electron chi connectivity index (χ0n) is 17.1. The summed E-state index contributed by atoms with van der Waals surface area (Å²) in [5.41, 5.74) is 2.60. The van der Waals surface area contributed by atoms with Crippen molar-refractivity contribution < 1.29 is 9.90 Å². The maximum atomic E-state index is 12.3. The molecule has 0 saturated heterocycles. The number of aliphatic hydroxyl groups excluding tert-OH is 1. The Labute approximate surface area is 170 Å². The van der Waals surface area contributed by atoms with Crippen LogP contribution in [0.1, 0.15) is 39.5 Å². The van der Waals surface area contributed by atoms with Crippen molar-refractivity contribution in [3.8, 4) is 0 Å². The van der Waals surface area contributed by atoms with E-state index in [1.165, 1.54) is 11.1 Å². The molecule has 0 aromatic heterocycles. The molecule has 0 spiro atoms. The predicted octanol–water partition coefficient (Wildman–Crippen LogP) is 4.18.